The third-order valence-electron chi connectivity index (χ3n) is 2.93. The predicted octanol–water partition coefficient (Wildman–Crippen LogP) is 3.18. The summed E-state index contributed by atoms with van der Waals surface area (Å²) in [5.41, 5.74) is -0.731. The van der Waals surface area contributed by atoms with E-state index in [1.54, 1.807) is 18.4 Å². The molecule has 1 atom stereocenters. The molecule has 0 aliphatic rings. The van der Waals surface area contributed by atoms with Gasteiger partial charge < -0.3 is 10.4 Å². The number of carbonyl (C=O) groups is 1. The molecule has 0 aliphatic heterocycles. The Labute approximate surface area is 125 Å². The van der Waals surface area contributed by atoms with Crippen LogP contribution in [0.3, 0.4) is 0 Å². The number of rotatable bonds is 4. The molecule has 0 saturated carbocycles. The molecule has 106 valence electrons. The third kappa shape index (κ3) is 3.17. The molecule has 2 N–H and O–H groups in total. The maximum atomic E-state index is 13.6. The van der Waals surface area contributed by atoms with Crippen molar-refractivity contribution in [3.63, 3.8) is 0 Å². The molecule has 1 amide bonds. The molecule has 20 heavy (non-hydrogen) atoms. The average Bonchev–Trinajstić information content (AvgIpc) is 2.91. The van der Waals surface area contributed by atoms with Gasteiger partial charge in [-0.05, 0) is 41.4 Å². The molecule has 1 aromatic heterocycles. The van der Waals surface area contributed by atoms with Crippen LogP contribution in [-0.2, 0) is 5.60 Å². The second-order valence-corrected chi connectivity index (χ2v) is 5.75. The lowest BCUT2D eigenvalue weighted by atomic mass is 9.99. The van der Waals surface area contributed by atoms with Crippen molar-refractivity contribution in [2.45, 2.75) is 12.5 Å². The van der Waals surface area contributed by atoms with Crippen molar-refractivity contribution in [1.29, 1.82) is 0 Å². The van der Waals surface area contributed by atoms with Crippen LogP contribution in [0.15, 0.2) is 35.0 Å². The van der Waals surface area contributed by atoms with E-state index in [4.69, 9.17) is 11.6 Å². The van der Waals surface area contributed by atoms with Crippen LogP contribution in [0.5, 0.6) is 0 Å². The summed E-state index contributed by atoms with van der Waals surface area (Å²) in [4.78, 5) is 12.0. The number of carbonyl (C=O) groups excluding carboxylic acids is 1. The zero-order valence-corrected chi connectivity index (χ0v) is 12.3. The lowest BCUT2D eigenvalue weighted by Gasteiger charge is -2.23. The fourth-order valence-electron chi connectivity index (χ4n) is 1.73. The maximum absolute atomic E-state index is 13.6. The summed E-state index contributed by atoms with van der Waals surface area (Å²) in [6.07, 6.45) is 0. The lowest BCUT2D eigenvalue weighted by molar-refractivity contribution is 0.0529. The Hall–Kier alpha value is -1.43. The first kappa shape index (κ1) is 15.0. The number of hydrogen-bond donors (Lipinski definition) is 2. The summed E-state index contributed by atoms with van der Waals surface area (Å²) in [5.74, 6) is -1.34. The summed E-state index contributed by atoms with van der Waals surface area (Å²) in [5, 5.41) is 16.4. The standard InChI is InChI=1S/C14H13ClFNO2S/c1-14(19,9-5-6-20-7-9)8-17-13(18)12-10(15)3-2-4-11(12)16/h2-7,19H,8H2,1H3,(H,17,18). The van der Waals surface area contributed by atoms with Crippen LogP contribution in [0.1, 0.15) is 22.8 Å². The van der Waals surface area contributed by atoms with E-state index in [0.717, 1.165) is 6.07 Å². The fourth-order valence-corrected chi connectivity index (χ4v) is 2.76. The first-order chi connectivity index (χ1) is 9.42. The minimum absolute atomic E-state index is 0.0345. The van der Waals surface area contributed by atoms with Crippen molar-refractivity contribution in [2.24, 2.45) is 0 Å². The lowest BCUT2D eigenvalue weighted by Crippen LogP contribution is -2.38. The molecule has 1 aromatic carbocycles. The minimum Gasteiger partial charge on any atom is -0.384 e. The van der Waals surface area contributed by atoms with Crippen molar-refractivity contribution in [3.8, 4) is 0 Å². The highest BCUT2D eigenvalue weighted by atomic mass is 35.5. The summed E-state index contributed by atoms with van der Waals surface area (Å²) in [7, 11) is 0. The van der Waals surface area contributed by atoms with E-state index in [1.807, 2.05) is 5.38 Å². The van der Waals surface area contributed by atoms with E-state index >= 15 is 0 Å². The largest absolute Gasteiger partial charge is 0.384 e. The average molecular weight is 314 g/mol. The number of benzene rings is 1. The van der Waals surface area contributed by atoms with Gasteiger partial charge in [0.25, 0.3) is 5.91 Å². The van der Waals surface area contributed by atoms with Gasteiger partial charge in [0.15, 0.2) is 0 Å². The van der Waals surface area contributed by atoms with Crippen LogP contribution >= 0.6 is 22.9 Å². The summed E-state index contributed by atoms with van der Waals surface area (Å²) in [6, 6.07) is 5.80. The molecule has 0 aliphatic carbocycles. The molecule has 0 fully saturated rings. The molecule has 2 aromatic rings. The van der Waals surface area contributed by atoms with Crippen LogP contribution in [0.25, 0.3) is 0 Å². The Morgan fingerprint density at radius 2 is 2.25 bits per heavy atom. The van der Waals surface area contributed by atoms with Gasteiger partial charge in [-0.1, -0.05) is 17.7 Å². The van der Waals surface area contributed by atoms with Crippen LogP contribution in [0.2, 0.25) is 5.02 Å². The van der Waals surface area contributed by atoms with Gasteiger partial charge in [0.2, 0.25) is 0 Å². The highest BCUT2D eigenvalue weighted by Crippen LogP contribution is 2.23. The maximum Gasteiger partial charge on any atom is 0.255 e. The van der Waals surface area contributed by atoms with Gasteiger partial charge in [0, 0.05) is 0 Å². The van der Waals surface area contributed by atoms with Gasteiger partial charge in [-0.15, -0.1) is 0 Å². The van der Waals surface area contributed by atoms with Crippen LogP contribution in [0.4, 0.5) is 4.39 Å². The number of thiophene rings is 1. The first-order valence-corrected chi connectivity index (χ1v) is 7.21. The molecule has 1 unspecified atom stereocenters. The summed E-state index contributed by atoms with van der Waals surface area (Å²) < 4.78 is 13.6. The van der Waals surface area contributed by atoms with Crippen molar-refractivity contribution in [2.75, 3.05) is 6.54 Å². The molecule has 3 nitrogen and oxygen atoms in total. The van der Waals surface area contributed by atoms with E-state index in [1.165, 1.54) is 23.5 Å². The van der Waals surface area contributed by atoms with Gasteiger partial charge in [0.1, 0.15) is 11.4 Å². The zero-order chi connectivity index (χ0) is 14.8. The molecule has 6 heteroatoms. The minimum atomic E-state index is -1.21. The van der Waals surface area contributed by atoms with Crippen LogP contribution in [0, 0.1) is 5.82 Å². The third-order valence-corrected chi connectivity index (χ3v) is 3.92. The molecular weight excluding hydrogens is 301 g/mol. The van der Waals surface area contributed by atoms with Crippen molar-refractivity contribution >= 4 is 28.8 Å². The van der Waals surface area contributed by atoms with Crippen LogP contribution < -0.4 is 5.32 Å². The Kier molecular flexibility index (Phi) is 4.42. The smallest absolute Gasteiger partial charge is 0.255 e. The Morgan fingerprint density at radius 1 is 1.50 bits per heavy atom. The number of hydrogen-bond acceptors (Lipinski definition) is 3. The normalized spacial score (nSPS) is 13.8. The van der Waals surface area contributed by atoms with E-state index in [0.29, 0.717) is 5.56 Å². The van der Waals surface area contributed by atoms with E-state index in [2.05, 4.69) is 5.32 Å². The molecular formula is C14H13ClFNO2S. The zero-order valence-electron chi connectivity index (χ0n) is 10.7. The van der Waals surface area contributed by atoms with E-state index < -0.39 is 17.3 Å². The Balaban J connectivity index is 2.10. The monoisotopic (exact) mass is 313 g/mol. The predicted molar refractivity (Wildman–Crippen MR) is 77.6 cm³/mol. The number of nitrogens with one attached hydrogen (secondary N) is 1. The van der Waals surface area contributed by atoms with Gasteiger partial charge in [0.05, 0.1) is 17.1 Å². The summed E-state index contributed by atoms with van der Waals surface area (Å²) >= 11 is 7.26. The highest BCUT2D eigenvalue weighted by molar-refractivity contribution is 7.08. The quantitative estimate of drug-likeness (QED) is 0.911. The molecule has 1 heterocycles. The molecule has 2 rings (SSSR count). The van der Waals surface area contributed by atoms with Crippen molar-refractivity contribution < 1.29 is 14.3 Å². The highest BCUT2D eigenvalue weighted by Gasteiger charge is 2.25. The topological polar surface area (TPSA) is 49.3 Å². The van der Waals surface area contributed by atoms with Gasteiger partial charge >= 0.3 is 0 Å². The Morgan fingerprint density at radius 3 is 2.85 bits per heavy atom. The number of halogens is 2. The molecule has 0 saturated heterocycles. The van der Waals surface area contributed by atoms with Gasteiger partial charge in [-0.2, -0.15) is 11.3 Å². The van der Waals surface area contributed by atoms with E-state index in [9.17, 15) is 14.3 Å². The number of amides is 1. The second kappa shape index (κ2) is 5.91. The Bertz CT molecular complexity index is 593. The SMILES string of the molecule is CC(O)(CNC(=O)c1c(F)cccc1Cl)c1ccsc1. The first-order valence-electron chi connectivity index (χ1n) is 5.89. The van der Waals surface area contributed by atoms with Crippen molar-refractivity contribution in [3.05, 3.63) is 57.0 Å². The van der Waals surface area contributed by atoms with Gasteiger partial charge in [-0.25, -0.2) is 4.39 Å². The summed E-state index contributed by atoms with van der Waals surface area (Å²) in [6.45, 7) is 1.55. The molecule has 0 spiro atoms. The van der Waals surface area contributed by atoms with E-state index in [-0.39, 0.29) is 17.1 Å². The van der Waals surface area contributed by atoms with Crippen molar-refractivity contribution in [1.82, 2.24) is 5.32 Å². The molecule has 0 radical (unpaired) electrons. The van der Waals surface area contributed by atoms with Gasteiger partial charge in [-0.3, -0.25) is 4.79 Å². The second-order valence-electron chi connectivity index (χ2n) is 4.57. The van der Waals surface area contributed by atoms with Crippen LogP contribution in [-0.4, -0.2) is 17.6 Å². The fraction of sp³-hybridized carbons (Fsp3) is 0.214. The molecule has 0 bridgehead atoms. The number of aliphatic hydroxyl groups is 1.